The summed E-state index contributed by atoms with van der Waals surface area (Å²) in [7, 11) is 0. The predicted octanol–water partition coefficient (Wildman–Crippen LogP) is 2.87. The summed E-state index contributed by atoms with van der Waals surface area (Å²) in [6, 6.07) is 4.78. The van der Waals surface area contributed by atoms with E-state index >= 15 is 0 Å². The fourth-order valence-corrected chi connectivity index (χ4v) is 3.77. The number of rotatable bonds is 3. The van der Waals surface area contributed by atoms with Crippen molar-refractivity contribution in [2.45, 2.75) is 32.9 Å². The third-order valence-corrected chi connectivity index (χ3v) is 5.02. The second-order valence-electron chi connectivity index (χ2n) is 7.28. The van der Waals surface area contributed by atoms with Crippen LogP contribution in [0.3, 0.4) is 0 Å². The molecule has 4 rings (SSSR count). The standard InChI is InChI=1S/C21H25N5O/c1-5-6-15(4)25-7-8-26-16(11-25)12-27-20-10-18-17(9-19(20)26)21(23-13-22-18)24-14(2)3/h9-10,13-14,16H,4,7-8,11-12H2,1-3H3,(H,22,23,24). The number of nitrogens with zero attached hydrogens (tertiary/aromatic N) is 4. The molecule has 140 valence electrons. The van der Waals surface area contributed by atoms with Crippen LogP contribution in [0.25, 0.3) is 10.9 Å². The van der Waals surface area contributed by atoms with Crippen LogP contribution >= 0.6 is 0 Å². The molecular formula is C21H25N5O. The highest BCUT2D eigenvalue weighted by Gasteiger charge is 2.33. The van der Waals surface area contributed by atoms with E-state index in [9.17, 15) is 0 Å². The van der Waals surface area contributed by atoms with E-state index in [2.05, 4.69) is 63.4 Å². The summed E-state index contributed by atoms with van der Waals surface area (Å²) < 4.78 is 6.10. The number of fused-ring (bicyclic) bond motifs is 4. The molecule has 0 spiro atoms. The lowest BCUT2D eigenvalue weighted by molar-refractivity contribution is 0.196. The molecule has 1 atom stereocenters. The van der Waals surface area contributed by atoms with Gasteiger partial charge in [-0.2, -0.15) is 0 Å². The van der Waals surface area contributed by atoms with Crippen molar-refractivity contribution >= 4 is 22.4 Å². The van der Waals surface area contributed by atoms with Gasteiger partial charge in [0.05, 0.1) is 22.9 Å². The van der Waals surface area contributed by atoms with Crippen molar-refractivity contribution in [1.29, 1.82) is 0 Å². The molecule has 1 aromatic carbocycles. The van der Waals surface area contributed by atoms with Crippen LogP contribution in [0.15, 0.2) is 30.7 Å². The molecule has 0 radical (unpaired) electrons. The maximum Gasteiger partial charge on any atom is 0.144 e. The summed E-state index contributed by atoms with van der Waals surface area (Å²) in [4.78, 5) is 13.6. The van der Waals surface area contributed by atoms with E-state index in [1.165, 1.54) is 0 Å². The minimum absolute atomic E-state index is 0.283. The van der Waals surface area contributed by atoms with Crippen LogP contribution in [0.1, 0.15) is 20.8 Å². The fraction of sp³-hybridized carbons (Fsp3) is 0.429. The smallest absolute Gasteiger partial charge is 0.144 e. The molecule has 2 aliphatic rings. The molecule has 0 amide bonds. The number of hydrogen-bond acceptors (Lipinski definition) is 6. The van der Waals surface area contributed by atoms with Crippen molar-refractivity contribution < 1.29 is 4.74 Å². The number of nitrogens with one attached hydrogen (secondary N) is 1. The Morgan fingerprint density at radius 3 is 2.96 bits per heavy atom. The highest BCUT2D eigenvalue weighted by atomic mass is 16.5. The van der Waals surface area contributed by atoms with Gasteiger partial charge in [0.1, 0.15) is 24.5 Å². The molecule has 2 aromatic rings. The molecular weight excluding hydrogens is 338 g/mol. The van der Waals surface area contributed by atoms with Crippen molar-refractivity contribution in [1.82, 2.24) is 14.9 Å². The normalized spacial score (nSPS) is 18.3. The SMILES string of the molecule is C=C(C#CC)N1CCN2c3cc4c(NC(C)C)ncnc4cc3OCC2C1. The average Bonchev–Trinajstić information content (AvgIpc) is 2.66. The lowest BCUT2D eigenvalue weighted by Gasteiger charge is -2.46. The van der Waals surface area contributed by atoms with Crippen LogP contribution in [-0.4, -0.2) is 53.2 Å². The van der Waals surface area contributed by atoms with Crippen LogP contribution in [0.4, 0.5) is 11.5 Å². The molecule has 6 nitrogen and oxygen atoms in total. The Hall–Kier alpha value is -2.94. The fourth-order valence-electron chi connectivity index (χ4n) is 3.77. The Kier molecular flexibility index (Phi) is 4.53. The van der Waals surface area contributed by atoms with Gasteiger partial charge in [-0.05, 0) is 26.8 Å². The molecule has 3 heterocycles. The Morgan fingerprint density at radius 2 is 2.19 bits per heavy atom. The topological polar surface area (TPSA) is 53.5 Å². The summed E-state index contributed by atoms with van der Waals surface area (Å²) >= 11 is 0. The highest BCUT2D eigenvalue weighted by Crippen LogP contribution is 2.39. The molecule has 1 unspecified atom stereocenters. The number of piperazine rings is 1. The largest absolute Gasteiger partial charge is 0.489 e. The monoisotopic (exact) mass is 363 g/mol. The summed E-state index contributed by atoms with van der Waals surface area (Å²) in [5, 5.41) is 4.44. The zero-order valence-corrected chi connectivity index (χ0v) is 16.1. The zero-order valence-electron chi connectivity index (χ0n) is 16.1. The highest BCUT2D eigenvalue weighted by molar-refractivity contribution is 5.94. The van der Waals surface area contributed by atoms with Gasteiger partial charge in [-0.15, -0.1) is 0 Å². The van der Waals surface area contributed by atoms with Crippen LogP contribution in [0.5, 0.6) is 5.75 Å². The molecule has 0 bridgehead atoms. The Bertz CT molecular complexity index is 943. The van der Waals surface area contributed by atoms with Crippen molar-refractivity contribution in [3.8, 4) is 17.6 Å². The third kappa shape index (κ3) is 3.25. The molecule has 1 fully saturated rings. The summed E-state index contributed by atoms with van der Waals surface area (Å²) in [5.74, 6) is 7.78. The third-order valence-electron chi connectivity index (χ3n) is 5.02. The van der Waals surface area contributed by atoms with Crippen molar-refractivity contribution in [2.24, 2.45) is 0 Å². The van der Waals surface area contributed by atoms with Gasteiger partial charge in [0, 0.05) is 37.1 Å². The Balaban J connectivity index is 1.68. The Labute approximate surface area is 160 Å². The predicted molar refractivity (Wildman–Crippen MR) is 109 cm³/mol. The van der Waals surface area contributed by atoms with Crippen molar-refractivity contribution in [3.05, 3.63) is 30.7 Å². The van der Waals surface area contributed by atoms with Gasteiger partial charge in [-0.3, -0.25) is 0 Å². The van der Waals surface area contributed by atoms with E-state index in [0.29, 0.717) is 12.6 Å². The van der Waals surface area contributed by atoms with Crippen LogP contribution in [0.2, 0.25) is 0 Å². The van der Waals surface area contributed by atoms with E-state index in [0.717, 1.165) is 53.5 Å². The number of aromatic nitrogens is 2. The average molecular weight is 363 g/mol. The Morgan fingerprint density at radius 1 is 1.33 bits per heavy atom. The quantitative estimate of drug-likeness (QED) is 0.847. The van der Waals surface area contributed by atoms with Gasteiger partial charge in [0.15, 0.2) is 0 Å². The number of allylic oxidation sites excluding steroid dienone is 1. The number of benzene rings is 1. The molecule has 2 aliphatic heterocycles. The lowest BCUT2D eigenvalue weighted by atomic mass is 10.1. The minimum Gasteiger partial charge on any atom is -0.489 e. The molecule has 0 aliphatic carbocycles. The van der Waals surface area contributed by atoms with Gasteiger partial charge in [0.2, 0.25) is 0 Å². The number of ether oxygens (including phenoxy) is 1. The van der Waals surface area contributed by atoms with Crippen molar-refractivity contribution in [3.63, 3.8) is 0 Å². The van der Waals surface area contributed by atoms with Gasteiger partial charge in [0.25, 0.3) is 0 Å². The minimum atomic E-state index is 0.283. The van der Waals surface area contributed by atoms with Gasteiger partial charge in [-0.25, -0.2) is 9.97 Å². The first kappa shape index (κ1) is 17.5. The molecule has 1 N–H and O–H groups in total. The maximum absolute atomic E-state index is 6.10. The molecule has 1 saturated heterocycles. The van der Waals surface area contributed by atoms with E-state index in [1.54, 1.807) is 6.33 Å². The van der Waals surface area contributed by atoms with Gasteiger partial charge >= 0.3 is 0 Å². The maximum atomic E-state index is 6.10. The number of hydrogen-bond donors (Lipinski definition) is 1. The van der Waals surface area contributed by atoms with Crippen LogP contribution < -0.4 is 15.0 Å². The first-order valence-electron chi connectivity index (χ1n) is 9.38. The first-order chi connectivity index (χ1) is 13.1. The molecule has 6 heteroatoms. The van der Waals surface area contributed by atoms with Gasteiger partial charge < -0.3 is 19.9 Å². The lowest BCUT2D eigenvalue weighted by Crippen LogP contribution is -2.56. The summed E-state index contributed by atoms with van der Waals surface area (Å²) in [6.07, 6.45) is 1.60. The summed E-state index contributed by atoms with van der Waals surface area (Å²) in [6.45, 7) is 13.5. The van der Waals surface area contributed by atoms with Crippen LogP contribution in [-0.2, 0) is 0 Å². The molecule has 27 heavy (non-hydrogen) atoms. The second-order valence-corrected chi connectivity index (χ2v) is 7.28. The van der Waals surface area contributed by atoms with Gasteiger partial charge in [-0.1, -0.05) is 18.4 Å². The first-order valence-corrected chi connectivity index (χ1v) is 9.38. The van der Waals surface area contributed by atoms with E-state index in [-0.39, 0.29) is 6.04 Å². The van der Waals surface area contributed by atoms with E-state index < -0.39 is 0 Å². The second kappa shape index (κ2) is 6.99. The zero-order chi connectivity index (χ0) is 19.0. The number of anilines is 2. The van der Waals surface area contributed by atoms with Crippen molar-refractivity contribution in [2.75, 3.05) is 36.5 Å². The van der Waals surface area contributed by atoms with E-state index in [4.69, 9.17) is 4.74 Å². The van der Waals surface area contributed by atoms with E-state index in [1.807, 2.05) is 13.0 Å². The summed E-state index contributed by atoms with van der Waals surface area (Å²) in [5.41, 5.74) is 2.90. The molecule has 0 saturated carbocycles. The van der Waals surface area contributed by atoms with Crippen LogP contribution in [0, 0.1) is 11.8 Å². The molecule has 1 aromatic heterocycles.